The van der Waals surface area contributed by atoms with E-state index in [1.165, 1.54) is 11.3 Å². The van der Waals surface area contributed by atoms with Gasteiger partial charge < -0.3 is 5.73 Å². The second-order valence-electron chi connectivity index (χ2n) is 2.89. The van der Waals surface area contributed by atoms with Crippen molar-refractivity contribution in [3.8, 4) is 0 Å². The van der Waals surface area contributed by atoms with E-state index in [0.29, 0.717) is 5.02 Å². The molecule has 0 aromatic carbocycles. The Morgan fingerprint density at radius 2 is 1.93 bits per heavy atom. The highest BCUT2D eigenvalue weighted by molar-refractivity contribution is 9.11. The molecule has 0 fully saturated rings. The molecule has 0 radical (unpaired) electrons. The number of hydrogen-bond donors (Lipinski definition) is 1. The zero-order chi connectivity index (χ0) is 11.0. The lowest BCUT2D eigenvalue weighted by Crippen LogP contribution is -2.07. The van der Waals surface area contributed by atoms with Gasteiger partial charge >= 0.3 is 0 Å². The average Bonchev–Trinajstić information content (AvgIpc) is 2.74. The molecule has 80 valence electrons. The molecule has 0 aliphatic heterocycles. The molecule has 0 saturated carbocycles. The van der Waals surface area contributed by atoms with Gasteiger partial charge in [-0.15, -0.1) is 22.7 Å². The highest BCUT2D eigenvalue weighted by atomic mass is 79.9. The summed E-state index contributed by atoms with van der Waals surface area (Å²) in [4.78, 5) is 2.08. The zero-order valence-corrected chi connectivity index (χ0v) is 12.1. The maximum atomic E-state index is 6.09. The molecule has 0 aliphatic carbocycles. The monoisotopic (exact) mass is 341 g/mol. The van der Waals surface area contributed by atoms with E-state index in [1.807, 2.05) is 18.2 Å². The summed E-state index contributed by atoms with van der Waals surface area (Å²) in [5.41, 5.74) is 6.09. The molecular formula is C9H6BrCl2NS2. The summed E-state index contributed by atoms with van der Waals surface area (Å²) < 4.78 is 1.67. The SMILES string of the molecule is NC(c1ccc(Cl)s1)c1cc(Cl)c(Br)s1. The summed E-state index contributed by atoms with van der Waals surface area (Å²) in [6.45, 7) is 0. The molecule has 0 bridgehead atoms. The minimum Gasteiger partial charge on any atom is -0.319 e. The molecule has 2 rings (SSSR count). The molecule has 0 saturated heterocycles. The summed E-state index contributed by atoms with van der Waals surface area (Å²) in [6, 6.07) is 5.54. The fourth-order valence-corrected chi connectivity index (χ4v) is 4.08. The van der Waals surface area contributed by atoms with Gasteiger partial charge in [0.05, 0.1) is 19.2 Å². The van der Waals surface area contributed by atoms with E-state index in [9.17, 15) is 0 Å². The first-order chi connectivity index (χ1) is 7.08. The number of halogens is 3. The van der Waals surface area contributed by atoms with Crippen LogP contribution < -0.4 is 5.73 Å². The van der Waals surface area contributed by atoms with Crippen molar-refractivity contribution in [2.24, 2.45) is 5.73 Å². The maximum absolute atomic E-state index is 6.09. The predicted octanol–water partition coefficient (Wildman–Crippen LogP) is 4.93. The Hall–Kier alpha value is 0.420. The molecule has 6 heteroatoms. The highest BCUT2D eigenvalue weighted by Gasteiger charge is 2.15. The predicted molar refractivity (Wildman–Crippen MR) is 72.4 cm³/mol. The number of nitrogens with two attached hydrogens (primary N) is 1. The molecule has 1 atom stereocenters. The van der Waals surface area contributed by atoms with E-state index in [-0.39, 0.29) is 6.04 Å². The van der Waals surface area contributed by atoms with Gasteiger partial charge in [0.15, 0.2) is 0 Å². The molecule has 2 N–H and O–H groups in total. The Morgan fingerprint density at radius 3 is 2.40 bits per heavy atom. The third-order valence-electron chi connectivity index (χ3n) is 1.87. The van der Waals surface area contributed by atoms with Crippen molar-refractivity contribution in [1.29, 1.82) is 0 Å². The third-order valence-corrected chi connectivity index (χ3v) is 5.74. The van der Waals surface area contributed by atoms with Gasteiger partial charge in [0.1, 0.15) is 0 Å². The Balaban J connectivity index is 2.31. The smallest absolute Gasteiger partial charge is 0.0931 e. The van der Waals surface area contributed by atoms with Gasteiger partial charge in [-0.1, -0.05) is 23.2 Å². The summed E-state index contributed by atoms with van der Waals surface area (Å²) in [5.74, 6) is 0. The van der Waals surface area contributed by atoms with Crippen LogP contribution in [0.5, 0.6) is 0 Å². The zero-order valence-electron chi connectivity index (χ0n) is 7.34. The molecule has 1 nitrogen and oxygen atoms in total. The molecule has 0 spiro atoms. The third kappa shape index (κ3) is 2.57. The lowest BCUT2D eigenvalue weighted by atomic mass is 10.2. The Bertz CT molecular complexity index is 461. The van der Waals surface area contributed by atoms with E-state index >= 15 is 0 Å². The highest BCUT2D eigenvalue weighted by Crippen LogP contribution is 2.38. The van der Waals surface area contributed by atoms with Crippen LogP contribution in [0.3, 0.4) is 0 Å². The quantitative estimate of drug-likeness (QED) is 0.822. The molecule has 2 aromatic heterocycles. The topological polar surface area (TPSA) is 26.0 Å². The standard InChI is InChI=1S/C9H6BrCl2NS2/c10-9-4(11)3-6(15-9)8(13)5-1-2-7(12)14-5/h1-3,8H,13H2. The van der Waals surface area contributed by atoms with Crippen LogP contribution in [0, 0.1) is 0 Å². The molecule has 0 aliphatic rings. The van der Waals surface area contributed by atoms with Crippen molar-refractivity contribution in [2.75, 3.05) is 0 Å². The second-order valence-corrected chi connectivity index (χ2v) is 7.45. The average molecular weight is 343 g/mol. The van der Waals surface area contributed by atoms with E-state index in [2.05, 4.69) is 15.9 Å². The van der Waals surface area contributed by atoms with Crippen LogP contribution in [0.2, 0.25) is 9.36 Å². The van der Waals surface area contributed by atoms with Crippen LogP contribution in [0.25, 0.3) is 0 Å². The van der Waals surface area contributed by atoms with Crippen LogP contribution in [0.4, 0.5) is 0 Å². The maximum Gasteiger partial charge on any atom is 0.0931 e. The Labute approximate surface area is 114 Å². The van der Waals surface area contributed by atoms with Crippen molar-refractivity contribution in [3.05, 3.63) is 41.1 Å². The van der Waals surface area contributed by atoms with Gasteiger partial charge in [0.2, 0.25) is 0 Å². The van der Waals surface area contributed by atoms with Crippen LogP contribution in [0.15, 0.2) is 22.0 Å². The minimum atomic E-state index is -0.142. The number of thiophene rings is 2. The van der Waals surface area contributed by atoms with Crippen molar-refractivity contribution < 1.29 is 0 Å². The van der Waals surface area contributed by atoms with Crippen molar-refractivity contribution >= 4 is 61.8 Å². The fourth-order valence-electron chi connectivity index (χ4n) is 1.15. The minimum absolute atomic E-state index is 0.142. The van der Waals surface area contributed by atoms with Crippen LogP contribution in [-0.2, 0) is 0 Å². The number of hydrogen-bond acceptors (Lipinski definition) is 3. The normalized spacial score (nSPS) is 13.1. The summed E-state index contributed by atoms with van der Waals surface area (Å²) in [5, 5.41) is 0.702. The van der Waals surface area contributed by atoms with Gasteiger partial charge in [-0.2, -0.15) is 0 Å². The van der Waals surface area contributed by atoms with Crippen LogP contribution >= 0.6 is 61.8 Å². The van der Waals surface area contributed by atoms with E-state index in [4.69, 9.17) is 28.9 Å². The summed E-state index contributed by atoms with van der Waals surface area (Å²) >= 11 is 18.2. The van der Waals surface area contributed by atoms with Gasteiger partial charge in [-0.25, -0.2) is 0 Å². The van der Waals surface area contributed by atoms with E-state index in [1.54, 1.807) is 11.3 Å². The molecule has 1 unspecified atom stereocenters. The first kappa shape index (κ1) is 11.9. The molecule has 2 heterocycles. The van der Waals surface area contributed by atoms with E-state index < -0.39 is 0 Å². The van der Waals surface area contributed by atoms with Crippen LogP contribution in [-0.4, -0.2) is 0 Å². The van der Waals surface area contributed by atoms with E-state index in [0.717, 1.165) is 17.9 Å². The van der Waals surface area contributed by atoms with Gasteiger partial charge in [0, 0.05) is 9.75 Å². The largest absolute Gasteiger partial charge is 0.319 e. The lowest BCUT2D eigenvalue weighted by molar-refractivity contribution is 0.917. The molecule has 15 heavy (non-hydrogen) atoms. The first-order valence-electron chi connectivity index (χ1n) is 4.03. The van der Waals surface area contributed by atoms with Gasteiger partial charge in [-0.05, 0) is 34.1 Å². The second kappa shape index (κ2) is 4.73. The van der Waals surface area contributed by atoms with Crippen LogP contribution in [0.1, 0.15) is 15.8 Å². The summed E-state index contributed by atoms with van der Waals surface area (Å²) in [6.07, 6.45) is 0. The number of rotatable bonds is 2. The Kier molecular flexibility index (Phi) is 3.75. The molecule has 2 aromatic rings. The summed E-state index contributed by atoms with van der Waals surface area (Å²) in [7, 11) is 0. The van der Waals surface area contributed by atoms with Crippen molar-refractivity contribution in [3.63, 3.8) is 0 Å². The fraction of sp³-hybridized carbons (Fsp3) is 0.111. The van der Waals surface area contributed by atoms with Gasteiger partial charge in [0.25, 0.3) is 0 Å². The van der Waals surface area contributed by atoms with Crippen molar-refractivity contribution in [2.45, 2.75) is 6.04 Å². The molecule has 0 amide bonds. The lowest BCUT2D eigenvalue weighted by Gasteiger charge is -2.05. The molecular weight excluding hydrogens is 337 g/mol. The Morgan fingerprint density at radius 1 is 1.20 bits per heavy atom. The van der Waals surface area contributed by atoms with Gasteiger partial charge in [-0.3, -0.25) is 0 Å². The van der Waals surface area contributed by atoms with Crippen molar-refractivity contribution in [1.82, 2.24) is 0 Å². The first-order valence-corrected chi connectivity index (χ1v) is 7.21.